The van der Waals surface area contributed by atoms with Crippen LogP contribution in [0, 0.1) is 11.7 Å². The quantitative estimate of drug-likeness (QED) is 0.807. The molecule has 20 heavy (non-hydrogen) atoms. The fourth-order valence-electron chi connectivity index (χ4n) is 1.70. The van der Waals surface area contributed by atoms with E-state index in [9.17, 15) is 9.18 Å². The highest BCUT2D eigenvalue weighted by atomic mass is 19.1. The van der Waals surface area contributed by atoms with Gasteiger partial charge < -0.3 is 15.8 Å². The maximum absolute atomic E-state index is 13.2. The molecule has 1 atom stereocenters. The Bertz CT molecular complexity index is 447. The molecule has 0 saturated heterocycles. The SMILES string of the molecule is CC(C)CCNC(=O)COc1ccc(F)cc1[C@H](C)N. The fourth-order valence-corrected chi connectivity index (χ4v) is 1.70. The van der Waals surface area contributed by atoms with Crippen molar-refractivity contribution >= 4 is 5.91 Å². The van der Waals surface area contributed by atoms with Gasteiger partial charge >= 0.3 is 0 Å². The number of carbonyl (C=O) groups excluding carboxylic acids is 1. The summed E-state index contributed by atoms with van der Waals surface area (Å²) in [5.74, 6) is 0.426. The van der Waals surface area contributed by atoms with Gasteiger partial charge in [-0.05, 0) is 37.5 Å². The molecular formula is C15H23FN2O2. The number of amides is 1. The van der Waals surface area contributed by atoms with Gasteiger partial charge in [-0.2, -0.15) is 0 Å². The molecule has 5 heteroatoms. The van der Waals surface area contributed by atoms with E-state index in [1.54, 1.807) is 6.92 Å². The molecule has 0 heterocycles. The van der Waals surface area contributed by atoms with Crippen molar-refractivity contribution in [2.24, 2.45) is 11.7 Å². The number of rotatable bonds is 7. The topological polar surface area (TPSA) is 64.3 Å². The highest BCUT2D eigenvalue weighted by Gasteiger charge is 2.11. The number of hydrogen-bond donors (Lipinski definition) is 2. The number of ether oxygens (including phenoxy) is 1. The van der Waals surface area contributed by atoms with Crippen LogP contribution in [0.15, 0.2) is 18.2 Å². The highest BCUT2D eigenvalue weighted by molar-refractivity contribution is 5.77. The normalized spacial score (nSPS) is 12.3. The van der Waals surface area contributed by atoms with Crippen molar-refractivity contribution in [3.05, 3.63) is 29.6 Å². The summed E-state index contributed by atoms with van der Waals surface area (Å²) in [5.41, 5.74) is 6.31. The van der Waals surface area contributed by atoms with Gasteiger partial charge in [0.05, 0.1) is 0 Å². The molecule has 0 aromatic heterocycles. The van der Waals surface area contributed by atoms with Gasteiger partial charge in [0.25, 0.3) is 5.91 Å². The molecule has 0 bridgehead atoms. The number of hydrogen-bond acceptors (Lipinski definition) is 3. The van der Waals surface area contributed by atoms with Crippen LogP contribution in [0.5, 0.6) is 5.75 Å². The first-order valence-electron chi connectivity index (χ1n) is 6.84. The third-order valence-electron chi connectivity index (χ3n) is 2.87. The first kappa shape index (κ1) is 16.4. The predicted molar refractivity (Wildman–Crippen MR) is 77.0 cm³/mol. The van der Waals surface area contributed by atoms with Crippen LogP contribution >= 0.6 is 0 Å². The fraction of sp³-hybridized carbons (Fsp3) is 0.533. The molecule has 1 rings (SSSR count). The van der Waals surface area contributed by atoms with Gasteiger partial charge in [0, 0.05) is 18.2 Å². The minimum absolute atomic E-state index is 0.0938. The molecule has 1 aromatic carbocycles. The van der Waals surface area contributed by atoms with E-state index >= 15 is 0 Å². The number of carbonyl (C=O) groups is 1. The molecule has 0 fully saturated rings. The van der Waals surface area contributed by atoms with Gasteiger partial charge in [0.1, 0.15) is 11.6 Å². The standard InChI is InChI=1S/C15H23FN2O2/c1-10(2)6-7-18-15(19)9-20-14-5-4-12(16)8-13(14)11(3)17/h4-5,8,10-11H,6-7,9,17H2,1-3H3,(H,18,19)/t11-/m0/s1. The minimum Gasteiger partial charge on any atom is -0.483 e. The second-order valence-corrected chi connectivity index (χ2v) is 5.29. The lowest BCUT2D eigenvalue weighted by molar-refractivity contribution is -0.123. The van der Waals surface area contributed by atoms with E-state index < -0.39 is 0 Å². The van der Waals surface area contributed by atoms with Gasteiger partial charge in [0.15, 0.2) is 6.61 Å². The van der Waals surface area contributed by atoms with E-state index in [1.165, 1.54) is 18.2 Å². The summed E-state index contributed by atoms with van der Waals surface area (Å²) in [6.07, 6.45) is 0.924. The molecule has 4 nitrogen and oxygen atoms in total. The molecule has 112 valence electrons. The zero-order valence-electron chi connectivity index (χ0n) is 12.3. The lowest BCUT2D eigenvalue weighted by atomic mass is 10.1. The molecule has 0 aliphatic rings. The van der Waals surface area contributed by atoms with Gasteiger partial charge in [-0.15, -0.1) is 0 Å². The first-order valence-corrected chi connectivity index (χ1v) is 6.84. The van der Waals surface area contributed by atoms with Crippen molar-refractivity contribution in [2.45, 2.75) is 33.2 Å². The second kappa shape index (κ2) is 7.85. The van der Waals surface area contributed by atoms with Crippen LogP contribution in [-0.4, -0.2) is 19.1 Å². The highest BCUT2D eigenvalue weighted by Crippen LogP contribution is 2.24. The maximum Gasteiger partial charge on any atom is 0.257 e. The van der Waals surface area contributed by atoms with Crippen LogP contribution in [0.25, 0.3) is 0 Å². The third kappa shape index (κ3) is 5.57. The summed E-state index contributed by atoms with van der Waals surface area (Å²) in [4.78, 5) is 11.6. The lowest BCUT2D eigenvalue weighted by Crippen LogP contribution is -2.30. The summed E-state index contributed by atoms with van der Waals surface area (Å²) >= 11 is 0. The largest absolute Gasteiger partial charge is 0.483 e. The van der Waals surface area contributed by atoms with Crippen LogP contribution in [0.1, 0.15) is 38.8 Å². The average Bonchev–Trinajstić information content (AvgIpc) is 2.36. The molecule has 3 N–H and O–H groups in total. The molecule has 1 amide bonds. The van der Waals surface area contributed by atoms with E-state index in [0.29, 0.717) is 23.8 Å². The molecule has 0 saturated carbocycles. The smallest absolute Gasteiger partial charge is 0.257 e. The zero-order valence-corrected chi connectivity index (χ0v) is 12.3. The molecule has 0 radical (unpaired) electrons. The van der Waals surface area contributed by atoms with Crippen LogP contribution in [-0.2, 0) is 4.79 Å². The summed E-state index contributed by atoms with van der Waals surface area (Å²) < 4.78 is 18.6. The summed E-state index contributed by atoms with van der Waals surface area (Å²) in [5, 5.41) is 2.78. The van der Waals surface area contributed by atoms with Crippen LogP contribution < -0.4 is 15.8 Å². The van der Waals surface area contributed by atoms with Crippen molar-refractivity contribution < 1.29 is 13.9 Å². The average molecular weight is 282 g/mol. The second-order valence-electron chi connectivity index (χ2n) is 5.29. The van der Waals surface area contributed by atoms with E-state index in [-0.39, 0.29) is 24.4 Å². The maximum atomic E-state index is 13.2. The first-order chi connectivity index (χ1) is 9.40. The Morgan fingerprint density at radius 3 is 2.70 bits per heavy atom. The van der Waals surface area contributed by atoms with Gasteiger partial charge in [-0.3, -0.25) is 4.79 Å². The molecule has 0 unspecified atom stereocenters. The van der Waals surface area contributed by atoms with Crippen LogP contribution in [0.4, 0.5) is 4.39 Å². The Balaban J connectivity index is 2.51. The molecule has 1 aromatic rings. The van der Waals surface area contributed by atoms with E-state index in [1.807, 2.05) is 0 Å². The minimum atomic E-state index is -0.369. The number of nitrogens with one attached hydrogen (secondary N) is 1. The van der Waals surface area contributed by atoms with E-state index in [2.05, 4.69) is 19.2 Å². The number of benzene rings is 1. The van der Waals surface area contributed by atoms with Crippen molar-refractivity contribution in [1.29, 1.82) is 0 Å². The molecule has 0 spiro atoms. The van der Waals surface area contributed by atoms with Crippen molar-refractivity contribution in [2.75, 3.05) is 13.2 Å². The third-order valence-corrected chi connectivity index (χ3v) is 2.87. The van der Waals surface area contributed by atoms with Gasteiger partial charge in [0.2, 0.25) is 0 Å². The summed E-state index contributed by atoms with van der Waals surface area (Å²) in [6.45, 7) is 6.46. The number of halogens is 1. The Kier molecular flexibility index (Phi) is 6.45. The predicted octanol–water partition coefficient (Wildman–Crippen LogP) is 2.39. The Morgan fingerprint density at radius 2 is 2.10 bits per heavy atom. The van der Waals surface area contributed by atoms with Crippen LogP contribution in [0.2, 0.25) is 0 Å². The van der Waals surface area contributed by atoms with Crippen LogP contribution in [0.3, 0.4) is 0 Å². The van der Waals surface area contributed by atoms with Crippen molar-refractivity contribution in [3.63, 3.8) is 0 Å². The summed E-state index contributed by atoms with van der Waals surface area (Å²) in [6, 6.07) is 3.76. The molecule has 0 aliphatic heterocycles. The van der Waals surface area contributed by atoms with Gasteiger partial charge in [-0.25, -0.2) is 4.39 Å². The summed E-state index contributed by atoms with van der Waals surface area (Å²) in [7, 11) is 0. The molecular weight excluding hydrogens is 259 g/mol. The van der Waals surface area contributed by atoms with E-state index in [0.717, 1.165) is 6.42 Å². The number of nitrogens with two attached hydrogens (primary N) is 1. The Hall–Kier alpha value is -1.62. The monoisotopic (exact) mass is 282 g/mol. The van der Waals surface area contributed by atoms with Crippen molar-refractivity contribution in [3.8, 4) is 5.75 Å². The lowest BCUT2D eigenvalue weighted by Gasteiger charge is -2.14. The molecule has 0 aliphatic carbocycles. The van der Waals surface area contributed by atoms with Crippen molar-refractivity contribution in [1.82, 2.24) is 5.32 Å². The zero-order chi connectivity index (χ0) is 15.1. The Labute approximate surface area is 119 Å². The van der Waals surface area contributed by atoms with E-state index in [4.69, 9.17) is 10.5 Å². The Morgan fingerprint density at radius 1 is 1.40 bits per heavy atom. The van der Waals surface area contributed by atoms with Gasteiger partial charge in [-0.1, -0.05) is 13.8 Å².